The molecule has 46 heavy (non-hydrogen) atoms. The third-order valence-electron chi connectivity index (χ3n) is 9.38. The molecule has 2 fully saturated rings. The highest BCUT2D eigenvalue weighted by atomic mass is 35.5. The summed E-state index contributed by atoms with van der Waals surface area (Å²) < 4.78 is 0. The van der Waals surface area contributed by atoms with E-state index in [9.17, 15) is 30.0 Å². The first-order valence-corrected chi connectivity index (χ1v) is 16.8. The maximum atomic E-state index is 13.9. The van der Waals surface area contributed by atoms with Crippen molar-refractivity contribution in [1.29, 1.82) is 0 Å². The van der Waals surface area contributed by atoms with E-state index in [2.05, 4.69) is 27.7 Å². The summed E-state index contributed by atoms with van der Waals surface area (Å²) in [5, 5.41) is 53.9. The van der Waals surface area contributed by atoms with E-state index in [1.165, 1.54) is 12.8 Å². The molecule has 3 amide bonds. The van der Waals surface area contributed by atoms with Crippen molar-refractivity contribution in [2.75, 3.05) is 42.6 Å². The van der Waals surface area contributed by atoms with Gasteiger partial charge in [0, 0.05) is 42.3 Å². The van der Waals surface area contributed by atoms with Crippen LogP contribution in [0.25, 0.3) is 0 Å². The highest BCUT2D eigenvalue weighted by Gasteiger charge is 2.52. The van der Waals surface area contributed by atoms with Crippen LogP contribution in [-0.4, -0.2) is 101 Å². The molecule has 11 nitrogen and oxygen atoms in total. The number of nitrogens with zero attached hydrogens (tertiary/aromatic N) is 2. The van der Waals surface area contributed by atoms with Gasteiger partial charge in [-0.1, -0.05) is 35.3 Å². The summed E-state index contributed by atoms with van der Waals surface area (Å²) >= 11 is 13.3. The quantitative estimate of drug-likeness (QED) is 0.141. The standard InChI is InChI=1S/C33H44Cl2N4O7/c34-23-17-21(24(35)16-20(23)4-3-13-36-32(46)37-18-27(41)29(43)30(44)28(42)19-40)9-10-33(11-12-33)31(45)39-15-14-38(22-7-8-22)25-5-1-2-6-26(25)39/h1-2,5-6,16-17,22,27-30,40-44H,3-4,7-15,18-19H2,(H2,36,37,46)/t27-,28+,29+,30+/m0/s1. The lowest BCUT2D eigenvalue weighted by Crippen LogP contribution is -2.50. The number of urea groups is 1. The van der Waals surface area contributed by atoms with Gasteiger partial charge in [-0.3, -0.25) is 4.79 Å². The molecule has 13 heteroatoms. The van der Waals surface area contributed by atoms with Crippen molar-refractivity contribution >= 4 is 46.5 Å². The fourth-order valence-corrected chi connectivity index (χ4v) is 6.74. The van der Waals surface area contributed by atoms with Crippen LogP contribution in [0.3, 0.4) is 0 Å². The minimum absolute atomic E-state index is 0.203. The van der Waals surface area contributed by atoms with Crippen molar-refractivity contribution in [3.63, 3.8) is 0 Å². The molecule has 0 radical (unpaired) electrons. The van der Waals surface area contributed by atoms with Gasteiger partial charge in [0.1, 0.15) is 18.3 Å². The molecule has 2 aliphatic carbocycles. The van der Waals surface area contributed by atoms with Crippen molar-refractivity contribution in [2.45, 2.75) is 81.8 Å². The van der Waals surface area contributed by atoms with Crippen LogP contribution in [0.4, 0.5) is 16.2 Å². The summed E-state index contributed by atoms with van der Waals surface area (Å²) in [7, 11) is 0. The number of aryl methyl sites for hydroxylation is 2. The van der Waals surface area contributed by atoms with Crippen molar-refractivity contribution in [3.05, 3.63) is 57.6 Å². The Kier molecular flexibility index (Phi) is 11.4. The first kappa shape index (κ1) is 34.7. The summed E-state index contributed by atoms with van der Waals surface area (Å²) in [4.78, 5) is 30.4. The molecular formula is C33H44Cl2N4O7. The number of fused-ring (bicyclic) bond motifs is 1. The van der Waals surface area contributed by atoms with Crippen LogP contribution in [-0.2, 0) is 17.6 Å². The second-order valence-electron chi connectivity index (χ2n) is 12.7. The molecule has 7 N–H and O–H groups in total. The zero-order valence-corrected chi connectivity index (χ0v) is 27.3. The van der Waals surface area contributed by atoms with Gasteiger partial charge in [-0.25, -0.2) is 4.79 Å². The summed E-state index contributed by atoms with van der Waals surface area (Å²) in [6, 6.07) is 12.0. The van der Waals surface area contributed by atoms with E-state index in [0.717, 1.165) is 41.9 Å². The van der Waals surface area contributed by atoms with E-state index in [1.807, 2.05) is 29.2 Å². The number of carbonyl (C=O) groups is 2. The zero-order valence-electron chi connectivity index (χ0n) is 25.7. The van der Waals surface area contributed by atoms with Crippen LogP contribution in [0.5, 0.6) is 0 Å². The van der Waals surface area contributed by atoms with E-state index in [-0.39, 0.29) is 17.9 Å². The SMILES string of the molecule is O=C(NCCCc1cc(Cl)c(CCC2(C(=O)N3CCN(C4CC4)c4ccccc43)CC2)cc1Cl)NC[C@H](O)[C@@H](O)[C@H](O)[C@H](O)CO. The molecule has 5 rings (SSSR count). The Labute approximate surface area is 279 Å². The fourth-order valence-electron chi connectivity index (χ4n) is 6.18. The number of hydrogen-bond donors (Lipinski definition) is 7. The number of halogens is 2. The highest BCUT2D eigenvalue weighted by Crippen LogP contribution is 2.53. The maximum Gasteiger partial charge on any atom is 0.314 e. The molecule has 3 aliphatic rings. The Morgan fingerprint density at radius 1 is 0.891 bits per heavy atom. The van der Waals surface area contributed by atoms with E-state index >= 15 is 0 Å². The van der Waals surface area contributed by atoms with Crippen molar-refractivity contribution in [2.24, 2.45) is 5.41 Å². The average Bonchev–Trinajstić information content (AvgIpc) is 4.00. The van der Waals surface area contributed by atoms with E-state index in [4.69, 9.17) is 28.3 Å². The monoisotopic (exact) mass is 678 g/mol. The molecule has 1 heterocycles. The van der Waals surface area contributed by atoms with Crippen LogP contribution in [0.2, 0.25) is 10.0 Å². The number of aliphatic hydroxyl groups is 5. The Morgan fingerprint density at radius 3 is 2.15 bits per heavy atom. The van der Waals surface area contributed by atoms with Crippen LogP contribution in [0.1, 0.15) is 49.7 Å². The average molecular weight is 680 g/mol. The van der Waals surface area contributed by atoms with Crippen molar-refractivity contribution in [1.82, 2.24) is 10.6 Å². The van der Waals surface area contributed by atoms with Gasteiger partial charge in [0.25, 0.3) is 0 Å². The predicted molar refractivity (Wildman–Crippen MR) is 176 cm³/mol. The van der Waals surface area contributed by atoms with Gasteiger partial charge in [0.15, 0.2) is 0 Å². The molecule has 4 atom stereocenters. The summed E-state index contributed by atoms with van der Waals surface area (Å²) in [5.74, 6) is 0.203. The molecule has 252 valence electrons. The normalized spacial score (nSPS) is 19.5. The number of amides is 3. The van der Waals surface area contributed by atoms with E-state index in [0.29, 0.717) is 54.9 Å². The molecule has 2 aromatic carbocycles. The van der Waals surface area contributed by atoms with Crippen LogP contribution in [0.15, 0.2) is 36.4 Å². The number of hydrogen-bond acceptors (Lipinski definition) is 8. The third kappa shape index (κ3) is 8.07. The molecule has 0 bridgehead atoms. The Hall–Kier alpha value is -2.64. The van der Waals surface area contributed by atoms with Crippen LogP contribution in [0, 0.1) is 5.41 Å². The number of nitrogens with one attached hydrogen (secondary N) is 2. The van der Waals surface area contributed by atoms with Gasteiger partial charge in [-0.15, -0.1) is 0 Å². The van der Waals surface area contributed by atoms with Crippen molar-refractivity contribution < 1.29 is 35.1 Å². The van der Waals surface area contributed by atoms with Gasteiger partial charge >= 0.3 is 6.03 Å². The molecule has 0 unspecified atom stereocenters. The molecule has 2 aromatic rings. The zero-order chi connectivity index (χ0) is 33.0. The molecule has 0 saturated heterocycles. The lowest BCUT2D eigenvalue weighted by Gasteiger charge is -2.39. The fraction of sp³-hybridized carbons (Fsp3) is 0.576. The molecule has 1 aliphatic heterocycles. The lowest BCUT2D eigenvalue weighted by atomic mass is 9.93. The number of anilines is 2. The largest absolute Gasteiger partial charge is 0.394 e. The van der Waals surface area contributed by atoms with Gasteiger partial charge < -0.3 is 46.0 Å². The summed E-state index contributed by atoms with van der Waals surface area (Å²) in [6.07, 6.45) is -0.0389. The lowest BCUT2D eigenvalue weighted by molar-refractivity contribution is -0.123. The van der Waals surface area contributed by atoms with Crippen LogP contribution >= 0.6 is 23.2 Å². The molecule has 0 aromatic heterocycles. The Balaban J connectivity index is 1.08. The highest BCUT2D eigenvalue weighted by molar-refractivity contribution is 6.34. The first-order valence-electron chi connectivity index (χ1n) is 16.0. The topological polar surface area (TPSA) is 166 Å². The third-order valence-corrected chi connectivity index (χ3v) is 10.1. The Morgan fingerprint density at radius 2 is 1.52 bits per heavy atom. The maximum absolute atomic E-state index is 13.9. The van der Waals surface area contributed by atoms with Gasteiger partial charge in [-0.05, 0) is 86.8 Å². The number of benzene rings is 2. The van der Waals surface area contributed by atoms with Gasteiger partial charge in [-0.2, -0.15) is 0 Å². The van der Waals surface area contributed by atoms with Gasteiger partial charge in [0.2, 0.25) is 5.91 Å². The van der Waals surface area contributed by atoms with Crippen LogP contribution < -0.4 is 20.4 Å². The number of para-hydroxylation sites is 2. The number of rotatable bonds is 15. The summed E-state index contributed by atoms with van der Waals surface area (Å²) in [5.41, 5.74) is 3.55. The van der Waals surface area contributed by atoms with E-state index < -0.39 is 37.1 Å². The smallest absolute Gasteiger partial charge is 0.314 e. The van der Waals surface area contributed by atoms with E-state index in [1.54, 1.807) is 0 Å². The second kappa shape index (κ2) is 15.1. The minimum atomic E-state index is -1.76. The van der Waals surface area contributed by atoms with Gasteiger partial charge in [0.05, 0.1) is 29.5 Å². The Bertz CT molecular complexity index is 1390. The minimum Gasteiger partial charge on any atom is -0.394 e. The first-order chi connectivity index (χ1) is 22.0. The molecule has 2 saturated carbocycles. The molecule has 0 spiro atoms. The number of carbonyl (C=O) groups excluding carboxylic acids is 2. The molecular weight excluding hydrogens is 635 g/mol. The summed E-state index contributed by atoms with van der Waals surface area (Å²) in [6.45, 7) is 0.712. The predicted octanol–water partition coefficient (Wildman–Crippen LogP) is 2.39. The second-order valence-corrected chi connectivity index (χ2v) is 13.5. The number of aliphatic hydroxyl groups excluding tert-OH is 5. The van der Waals surface area contributed by atoms with Crippen molar-refractivity contribution in [3.8, 4) is 0 Å².